The minimum Gasteiger partial charge on any atom is -0.870 e. The maximum Gasteiger partial charge on any atom is 1.00 e. The van der Waals surface area contributed by atoms with Crippen molar-refractivity contribution in [2.45, 2.75) is 56.8 Å². The average molecular weight is 417 g/mol. The molecule has 142 valence electrons. The Labute approximate surface area is 204 Å². The summed E-state index contributed by atoms with van der Waals surface area (Å²) in [6.45, 7) is 2.19. The molecule has 0 aliphatic rings. The number of benzene rings is 2. The summed E-state index contributed by atoms with van der Waals surface area (Å²) in [4.78, 5) is -0.522. The first kappa shape index (κ1) is 24.6. The van der Waals surface area contributed by atoms with Crippen LogP contribution in [0.1, 0.15) is 51.0 Å². The van der Waals surface area contributed by atoms with Crippen LogP contribution in [0.3, 0.4) is 0 Å². The van der Waals surface area contributed by atoms with Crippen LogP contribution in [0.15, 0.2) is 47.4 Å². The van der Waals surface area contributed by atoms with E-state index in [-0.39, 0.29) is 57.1 Å². The average Bonchev–Trinajstić information content (AvgIpc) is 2.59. The summed E-state index contributed by atoms with van der Waals surface area (Å²) in [6, 6.07) is 10.9. The van der Waals surface area contributed by atoms with Gasteiger partial charge in [0.1, 0.15) is 16.4 Å². The molecule has 0 aliphatic heterocycles. The first-order valence-electron chi connectivity index (χ1n) is 8.96. The largest absolute Gasteiger partial charge is 1.00 e. The van der Waals surface area contributed by atoms with E-state index in [0.717, 1.165) is 24.5 Å². The van der Waals surface area contributed by atoms with Crippen LogP contribution in [-0.2, 0) is 16.5 Å². The van der Waals surface area contributed by atoms with Crippen molar-refractivity contribution in [3.8, 4) is 17.2 Å². The predicted molar refractivity (Wildman–Crippen MR) is 99.3 cm³/mol. The standard InChI is InChI=1S/C20H26O5S.K/c1-2-3-4-5-6-7-10-16-11-8-12-17(15-16)25-20-18(21)13-9-14-19(20)26(22,23)24;/h8-9,11-15,21H,2-7,10H2,1H3,(H,22,23,24);/q;+1/p-1. The monoisotopic (exact) mass is 416 g/mol. The van der Waals surface area contributed by atoms with Crippen LogP contribution in [0, 0.1) is 0 Å². The third kappa shape index (κ3) is 8.23. The fraction of sp³-hybridized carbons (Fsp3) is 0.400. The van der Waals surface area contributed by atoms with Crippen LogP contribution >= 0.6 is 0 Å². The number of aryl methyl sites for hydroxylation is 1. The van der Waals surface area contributed by atoms with Crippen LogP contribution in [0.5, 0.6) is 17.2 Å². The van der Waals surface area contributed by atoms with E-state index >= 15 is 0 Å². The zero-order valence-corrected chi connectivity index (χ0v) is 19.9. The molecule has 0 bridgehead atoms. The summed E-state index contributed by atoms with van der Waals surface area (Å²) in [6.07, 6.45) is 8.13. The Morgan fingerprint density at radius 3 is 2.37 bits per heavy atom. The number of ether oxygens (including phenoxy) is 1. The minimum atomic E-state index is -4.54. The molecule has 0 aliphatic carbocycles. The molecular formula is C20H25KO5S. The first-order valence-corrected chi connectivity index (χ1v) is 10.4. The van der Waals surface area contributed by atoms with Crippen molar-refractivity contribution in [3.05, 3.63) is 48.0 Å². The summed E-state index contributed by atoms with van der Waals surface area (Å²) in [7, 11) is -4.54. The van der Waals surface area contributed by atoms with Gasteiger partial charge in [-0.25, -0.2) is 0 Å². The smallest absolute Gasteiger partial charge is 0.870 e. The van der Waals surface area contributed by atoms with Gasteiger partial charge in [-0.2, -0.15) is 8.42 Å². The number of rotatable bonds is 10. The van der Waals surface area contributed by atoms with Gasteiger partial charge >= 0.3 is 51.4 Å². The summed E-state index contributed by atoms with van der Waals surface area (Å²) < 4.78 is 37.7. The maximum absolute atomic E-state index is 12.0. The topological polar surface area (TPSA) is 86.7 Å². The molecule has 0 spiro atoms. The van der Waals surface area contributed by atoms with Gasteiger partial charge in [0.05, 0.1) is 0 Å². The van der Waals surface area contributed by atoms with Crippen LogP contribution in [0.25, 0.3) is 0 Å². The van der Waals surface area contributed by atoms with E-state index in [9.17, 15) is 18.1 Å². The Hall–Kier alpha value is -0.414. The molecule has 5 nitrogen and oxygen atoms in total. The second kappa shape index (κ2) is 12.2. The maximum atomic E-state index is 12.0. The molecule has 0 radical (unpaired) electrons. The minimum absolute atomic E-state index is 0. The van der Waals surface area contributed by atoms with Gasteiger partial charge in [-0.1, -0.05) is 69.0 Å². The molecule has 2 aromatic carbocycles. The Kier molecular flexibility index (Phi) is 11.1. The van der Waals surface area contributed by atoms with Crippen molar-refractivity contribution in [2.24, 2.45) is 0 Å². The Bertz CT molecular complexity index is 821. The van der Waals surface area contributed by atoms with E-state index in [1.165, 1.54) is 44.2 Å². The molecule has 0 heterocycles. The second-order valence-corrected chi connectivity index (χ2v) is 7.72. The normalized spacial score (nSPS) is 11.0. The predicted octanol–water partition coefficient (Wildman–Crippen LogP) is 1.71. The molecule has 0 saturated heterocycles. The fourth-order valence-electron chi connectivity index (χ4n) is 2.79. The van der Waals surface area contributed by atoms with Crippen LogP contribution in [-0.4, -0.2) is 13.0 Å². The zero-order valence-electron chi connectivity index (χ0n) is 16.0. The molecule has 0 aromatic heterocycles. The first-order chi connectivity index (χ1) is 12.4. The van der Waals surface area contributed by atoms with Gasteiger partial charge in [0.25, 0.3) is 10.1 Å². The van der Waals surface area contributed by atoms with Crippen LogP contribution in [0.2, 0.25) is 0 Å². The Morgan fingerprint density at radius 2 is 1.67 bits per heavy atom. The molecule has 0 fully saturated rings. The summed E-state index contributed by atoms with van der Waals surface area (Å²) in [5.74, 6) is -0.602. The molecule has 27 heavy (non-hydrogen) atoms. The Morgan fingerprint density at radius 1 is 1.00 bits per heavy atom. The van der Waals surface area contributed by atoms with Gasteiger partial charge in [-0.05, 0) is 36.6 Å². The van der Waals surface area contributed by atoms with E-state index in [2.05, 4.69) is 6.92 Å². The van der Waals surface area contributed by atoms with E-state index in [4.69, 9.17) is 4.74 Å². The molecule has 0 saturated carbocycles. The van der Waals surface area contributed by atoms with Gasteiger partial charge < -0.3 is 9.84 Å². The van der Waals surface area contributed by atoms with Gasteiger partial charge in [-0.15, -0.1) is 0 Å². The van der Waals surface area contributed by atoms with E-state index in [1.54, 1.807) is 12.1 Å². The van der Waals surface area contributed by atoms with Gasteiger partial charge in [0.2, 0.25) is 0 Å². The molecule has 0 unspecified atom stereocenters. The molecule has 2 aromatic rings. The summed E-state index contributed by atoms with van der Waals surface area (Å²) in [5.41, 5.74) is 1.06. The molecule has 1 N–H and O–H groups in total. The van der Waals surface area contributed by atoms with Gasteiger partial charge in [0.15, 0.2) is 0 Å². The van der Waals surface area contributed by atoms with Crippen molar-refractivity contribution in [3.63, 3.8) is 0 Å². The summed E-state index contributed by atoms with van der Waals surface area (Å²) >= 11 is 0. The number of hydrogen-bond acceptors (Lipinski definition) is 4. The Balaban J connectivity index is 0.00000364. The van der Waals surface area contributed by atoms with Crippen molar-refractivity contribution in [1.29, 1.82) is 0 Å². The molecule has 0 amide bonds. The molecular weight excluding hydrogens is 391 g/mol. The van der Waals surface area contributed by atoms with Crippen LogP contribution < -0.4 is 61.2 Å². The van der Waals surface area contributed by atoms with Crippen molar-refractivity contribution in [1.82, 2.24) is 0 Å². The molecule has 2 rings (SSSR count). The van der Waals surface area contributed by atoms with E-state index in [1.807, 2.05) is 12.1 Å². The van der Waals surface area contributed by atoms with Crippen LogP contribution in [0.4, 0.5) is 0 Å². The summed E-state index contributed by atoms with van der Waals surface area (Å²) in [5, 5.41) is 12.0. The third-order valence-electron chi connectivity index (χ3n) is 4.16. The third-order valence-corrected chi connectivity index (χ3v) is 5.04. The molecule has 0 atom stereocenters. The fourth-order valence-corrected chi connectivity index (χ4v) is 3.42. The van der Waals surface area contributed by atoms with Gasteiger partial charge in [0, 0.05) is 0 Å². The number of unbranched alkanes of at least 4 members (excludes halogenated alkanes) is 5. The zero-order chi connectivity index (χ0) is 19.0. The van der Waals surface area contributed by atoms with E-state index < -0.39 is 20.8 Å². The SMILES string of the molecule is CCCCCCCCc1cccc(Oc2c([O-])cccc2S(=O)(=O)O)c1.[K+]. The number of para-hydroxylation sites is 1. The van der Waals surface area contributed by atoms with Crippen molar-refractivity contribution < 1.29 is 74.2 Å². The number of hydrogen-bond donors (Lipinski definition) is 1. The van der Waals surface area contributed by atoms with E-state index in [0.29, 0.717) is 5.75 Å². The van der Waals surface area contributed by atoms with Crippen molar-refractivity contribution in [2.75, 3.05) is 0 Å². The van der Waals surface area contributed by atoms with Gasteiger partial charge in [-0.3, -0.25) is 4.55 Å². The second-order valence-electron chi connectivity index (χ2n) is 6.33. The van der Waals surface area contributed by atoms with Crippen molar-refractivity contribution >= 4 is 10.1 Å². The quantitative estimate of drug-likeness (QED) is 0.362. The molecule has 7 heteroatoms.